The van der Waals surface area contributed by atoms with Gasteiger partial charge in [-0.2, -0.15) is 0 Å². The van der Waals surface area contributed by atoms with E-state index in [2.05, 4.69) is 61.2 Å². The van der Waals surface area contributed by atoms with E-state index in [1.165, 1.54) is 5.56 Å². The van der Waals surface area contributed by atoms with Gasteiger partial charge >= 0.3 is 0 Å². The van der Waals surface area contributed by atoms with Crippen LogP contribution in [0.1, 0.15) is 30.6 Å². The number of hydrogen-bond acceptors (Lipinski definition) is 4. The lowest BCUT2D eigenvalue weighted by Gasteiger charge is -2.37. The molecule has 0 bridgehead atoms. The molecule has 2 aliphatic rings. The van der Waals surface area contributed by atoms with Gasteiger partial charge in [-0.25, -0.2) is 4.68 Å². The summed E-state index contributed by atoms with van der Waals surface area (Å²) in [4.78, 5) is 17.3. The van der Waals surface area contributed by atoms with E-state index in [1.807, 2.05) is 31.2 Å². The minimum Gasteiger partial charge on any atom is -0.330 e. The lowest BCUT2D eigenvalue weighted by molar-refractivity contribution is -0.135. The second kappa shape index (κ2) is 7.44. The summed E-state index contributed by atoms with van der Waals surface area (Å²) in [5, 5.41) is 9.05. The number of carbonyl (C=O) groups is 1. The summed E-state index contributed by atoms with van der Waals surface area (Å²) in [5.41, 5.74) is 4.28. The maximum atomic E-state index is 12.8. The molecule has 1 saturated heterocycles. The van der Waals surface area contributed by atoms with E-state index in [4.69, 9.17) is 0 Å². The second-order valence-corrected chi connectivity index (χ2v) is 7.88. The molecule has 2 aliphatic heterocycles. The van der Waals surface area contributed by atoms with Gasteiger partial charge in [-0.05, 0) is 5.56 Å². The van der Waals surface area contributed by atoms with Crippen LogP contribution >= 0.6 is 0 Å². The Hall–Kier alpha value is -2.99. The van der Waals surface area contributed by atoms with Crippen LogP contribution in [-0.4, -0.2) is 49.8 Å². The summed E-state index contributed by atoms with van der Waals surface area (Å²) in [5.74, 6) is 0.202. The van der Waals surface area contributed by atoms with Crippen LogP contribution in [0.2, 0.25) is 0 Å². The number of rotatable bonds is 4. The maximum Gasteiger partial charge on any atom is 0.223 e. The number of benzene rings is 2. The van der Waals surface area contributed by atoms with Crippen molar-refractivity contribution in [3.05, 3.63) is 71.9 Å². The second-order valence-electron chi connectivity index (χ2n) is 7.88. The number of aromatic nitrogens is 3. The lowest BCUT2D eigenvalue weighted by atomic mass is 10.0. The molecule has 0 radical (unpaired) electrons. The van der Waals surface area contributed by atoms with E-state index in [0.717, 1.165) is 36.6 Å². The first-order chi connectivity index (χ1) is 14.2. The van der Waals surface area contributed by atoms with Gasteiger partial charge in [0.25, 0.3) is 0 Å². The van der Waals surface area contributed by atoms with E-state index in [1.54, 1.807) is 0 Å². The van der Waals surface area contributed by atoms with Crippen molar-refractivity contribution in [1.29, 1.82) is 0 Å². The molecule has 1 amide bonds. The summed E-state index contributed by atoms with van der Waals surface area (Å²) < 4.78 is 2.08. The molecule has 6 nitrogen and oxygen atoms in total. The van der Waals surface area contributed by atoms with Crippen LogP contribution in [0, 0.1) is 0 Å². The Morgan fingerprint density at radius 3 is 2.41 bits per heavy atom. The van der Waals surface area contributed by atoms with Crippen molar-refractivity contribution >= 4 is 5.91 Å². The van der Waals surface area contributed by atoms with Crippen molar-refractivity contribution in [2.24, 2.45) is 0 Å². The van der Waals surface area contributed by atoms with Crippen molar-refractivity contribution in [3.63, 3.8) is 0 Å². The molecule has 1 aromatic heterocycles. The van der Waals surface area contributed by atoms with Gasteiger partial charge in [-0.1, -0.05) is 72.8 Å². The molecule has 0 spiro atoms. The monoisotopic (exact) mass is 387 g/mol. The molecule has 0 saturated carbocycles. The molecule has 2 aromatic carbocycles. The zero-order chi connectivity index (χ0) is 19.8. The topological polar surface area (TPSA) is 54.3 Å². The molecular formula is C23H25N5O. The number of likely N-dealkylation sites (tertiary alicyclic amines) is 1. The summed E-state index contributed by atoms with van der Waals surface area (Å²) in [6.45, 7) is 5.14. The first-order valence-corrected chi connectivity index (χ1v) is 10.3. The molecule has 3 heterocycles. The zero-order valence-corrected chi connectivity index (χ0v) is 16.6. The highest BCUT2D eigenvalue weighted by Crippen LogP contribution is 2.36. The van der Waals surface area contributed by atoms with Gasteiger partial charge in [0.2, 0.25) is 5.91 Å². The molecule has 0 unspecified atom stereocenters. The Balaban J connectivity index is 1.49. The van der Waals surface area contributed by atoms with E-state index in [-0.39, 0.29) is 18.0 Å². The molecule has 6 heteroatoms. The minimum atomic E-state index is 0.142. The van der Waals surface area contributed by atoms with E-state index in [0.29, 0.717) is 13.0 Å². The van der Waals surface area contributed by atoms with Gasteiger partial charge in [0.05, 0.1) is 24.3 Å². The fraction of sp³-hybridized carbons (Fsp3) is 0.348. The van der Waals surface area contributed by atoms with Crippen LogP contribution in [0.25, 0.3) is 11.3 Å². The summed E-state index contributed by atoms with van der Waals surface area (Å²) in [6.07, 6.45) is 0.518. The molecule has 3 aromatic rings. The van der Waals surface area contributed by atoms with Gasteiger partial charge < -0.3 is 4.90 Å². The molecule has 1 fully saturated rings. The number of fused-ring (bicyclic) bond motifs is 3. The molecule has 29 heavy (non-hydrogen) atoms. The number of hydrogen-bond donors (Lipinski definition) is 0. The summed E-state index contributed by atoms with van der Waals surface area (Å²) >= 11 is 0. The number of nitrogens with zero attached hydrogens (tertiary/aromatic N) is 5. The predicted molar refractivity (Wildman–Crippen MR) is 111 cm³/mol. The quantitative estimate of drug-likeness (QED) is 0.690. The van der Waals surface area contributed by atoms with Gasteiger partial charge in [0.1, 0.15) is 5.69 Å². The van der Waals surface area contributed by atoms with Gasteiger partial charge in [0.15, 0.2) is 0 Å². The Kier molecular flexibility index (Phi) is 4.64. The van der Waals surface area contributed by atoms with E-state index in [9.17, 15) is 4.79 Å². The van der Waals surface area contributed by atoms with Crippen LogP contribution in [0.5, 0.6) is 0 Å². The van der Waals surface area contributed by atoms with Crippen LogP contribution in [-0.2, 0) is 17.9 Å². The molecule has 0 aliphatic carbocycles. The Morgan fingerprint density at radius 1 is 1.00 bits per heavy atom. The third kappa shape index (κ3) is 3.23. The van der Waals surface area contributed by atoms with Crippen molar-refractivity contribution in [3.8, 4) is 11.3 Å². The number of amides is 1. The Labute approximate surface area is 170 Å². The molecule has 0 N–H and O–H groups in total. The molecule has 148 valence electrons. The van der Waals surface area contributed by atoms with Gasteiger partial charge in [-0.15, -0.1) is 5.10 Å². The minimum absolute atomic E-state index is 0.142. The predicted octanol–water partition coefficient (Wildman–Crippen LogP) is 3.12. The highest BCUT2D eigenvalue weighted by Gasteiger charge is 2.45. The third-order valence-electron chi connectivity index (χ3n) is 6.08. The highest BCUT2D eigenvalue weighted by atomic mass is 16.2. The van der Waals surface area contributed by atoms with E-state index < -0.39 is 0 Å². The summed E-state index contributed by atoms with van der Waals surface area (Å²) in [7, 11) is 0. The van der Waals surface area contributed by atoms with Crippen molar-refractivity contribution in [2.75, 3.05) is 13.1 Å². The first-order valence-electron chi connectivity index (χ1n) is 10.3. The molecule has 2 atom stereocenters. The normalized spacial score (nSPS) is 21.1. The van der Waals surface area contributed by atoms with Crippen LogP contribution in [0.3, 0.4) is 0 Å². The number of carbonyl (C=O) groups excluding carboxylic acids is 1. The zero-order valence-electron chi connectivity index (χ0n) is 16.6. The van der Waals surface area contributed by atoms with Crippen molar-refractivity contribution in [2.45, 2.75) is 38.5 Å². The van der Waals surface area contributed by atoms with Crippen molar-refractivity contribution in [1.82, 2.24) is 24.8 Å². The van der Waals surface area contributed by atoms with Crippen LogP contribution in [0.15, 0.2) is 60.7 Å². The molecular weight excluding hydrogens is 362 g/mol. The smallest absolute Gasteiger partial charge is 0.223 e. The van der Waals surface area contributed by atoms with Crippen molar-refractivity contribution < 1.29 is 4.79 Å². The fourth-order valence-electron chi connectivity index (χ4n) is 4.67. The SMILES string of the molecule is CCC(=O)N1Cc2c(-c3ccccc3)nnn2[C@@H]2CN(Cc3ccccc3)C[C@H]21. The van der Waals surface area contributed by atoms with E-state index >= 15 is 0 Å². The standard InChI is InChI=1S/C23H25N5O/c1-2-22(29)27-16-21-23(18-11-7-4-8-12-18)24-25-28(21)20-15-26(14-19(20)27)13-17-9-5-3-6-10-17/h3-12,19-20H,2,13-16H2,1H3/t19-,20-/m1/s1. The average molecular weight is 387 g/mol. The summed E-state index contributed by atoms with van der Waals surface area (Å²) in [6, 6.07) is 20.9. The molecule has 5 rings (SSSR count). The fourth-order valence-corrected chi connectivity index (χ4v) is 4.67. The average Bonchev–Trinajstić information content (AvgIpc) is 3.37. The maximum absolute atomic E-state index is 12.8. The first kappa shape index (κ1) is 18.1. The Morgan fingerprint density at radius 2 is 1.69 bits per heavy atom. The Bertz CT molecular complexity index is 1000. The largest absolute Gasteiger partial charge is 0.330 e. The van der Waals surface area contributed by atoms with Crippen LogP contribution in [0.4, 0.5) is 0 Å². The lowest BCUT2D eigenvalue weighted by Crippen LogP contribution is -2.49. The van der Waals surface area contributed by atoms with Gasteiger partial charge in [-0.3, -0.25) is 9.69 Å². The highest BCUT2D eigenvalue weighted by molar-refractivity contribution is 5.77. The third-order valence-corrected chi connectivity index (χ3v) is 6.08. The van der Waals surface area contributed by atoms with Crippen LogP contribution < -0.4 is 0 Å². The van der Waals surface area contributed by atoms with Gasteiger partial charge in [0, 0.05) is 31.6 Å².